The number of halogens is 6. The zero-order valence-electron chi connectivity index (χ0n) is 10.7. The van der Waals surface area contributed by atoms with Crippen LogP contribution in [0.2, 0.25) is 0 Å². The van der Waals surface area contributed by atoms with Gasteiger partial charge in [0.05, 0.1) is 4.47 Å². The van der Waals surface area contributed by atoms with Crippen molar-refractivity contribution in [3.63, 3.8) is 0 Å². The summed E-state index contributed by atoms with van der Waals surface area (Å²) in [6.07, 6.45) is -4.79. The summed E-state index contributed by atoms with van der Waals surface area (Å²) in [6, 6.07) is 9.45. The minimum absolute atomic E-state index is 0.0954. The quantitative estimate of drug-likeness (QED) is 0.639. The number of rotatable bonds is 4. The average molecular weight is 383 g/mol. The Bertz CT molecular complexity index is 641. The van der Waals surface area contributed by atoms with Crippen LogP contribution in [0.25, 0.3) is 11.1 Å². The van der Waals surface area contributed by atoms with Gasteiger partial charge in [-0.25, -0.2) is 0 Å². The highest BCUT2D eigenvalue weighted by Crippen LogP contribution is 2.38. The molecular formula is C14H8BrF5O2. The number of hydrogen-bond donors (Lipinski definition) is 0. The fourth-order valence-corrected chi connectivity index (χ4v) is 2.24. The van der Waals surface area contributed by atoms with E-state index in [4.69, 9.17) is 0 Å². The van der Waals surface area contributed by atoms with E-state index in [1.165, 1.54) is 24.3 Å². The summed E-state index contributed by atoms with van der Waals surface area (Å²) < 4.78 is 69.7. The third-order valence-electron chi connectivity index (χ3n) is 2.57. The summed E-state index contributed by atoms with van der Waals surface area (Å²) in [4.78, 5) is 0. The lowest BCUT2D eigenvalue weighted by atomic mass is 10.0. The zero-order valence-corrected chi connectivity index (χ0v) is 12.3. The van der Waals surface area contributed by atoms with Crippen molar-refractivity contribution in [3.8, 4) is 22.6 Å². The Morgan fingerprint density at radius 3 is 2.14 bits per heavy atom. The van der Waals surface area contributed by atoms with E-state index in [9.17, 15) is 22.0 Å². The number of hydrogen-bond acceptors (Lipinski definition) is 2. The van der Waals surface area contributed by atoms with Crippen LogP contribution in [0, 0.1) is 0 Å². The van der Waals surface area contributed by atoms with Crippen LogP contribution in [0.3, 0.4) is 0 Å². The second-order valence-electron chi connectivity index (χ2n) is 4.07. The van der Waals surface area contributed by atoms with Gasteiger partial charge in [-0.15, -0.1) is 13.2 Å². The Balaban J connectivity index is 2.34. The maximum atomic E-state index is 12.5. The van der Waals surface area contributed by atoms with Crippen LogP contribution in [0.15, 0.2) is 46.9 Å². The first-order valence-corrected chi connectivity index (χ1v) is 6.65. The third-order valence-corrected chi connectivity index (χ3v) is 3.20. The predicted molar refractivity (Wildman–Crippen MR) is 72.9 cm³/mol. The van der Waals surface area contributed by atoms with Crippen molar-refractivity contribution in [3.05, 3.63) is 46.9 Å². The van der Waals surface area contributed by atoms with E-state index >= 15 is 0 Å². The largest absolute Gasteiger partial charge is 0.573 e. The Morgan fingerprint density at radius 2 is 1.59 bits per heavy atom. The lowest BCUT2D eigenvalue weighted by molar-refractivity contribution is -0.274. The van der Waals surface area contributed by atoms with E-state index in [0.29, 0.717) is 15.6 Å². The molecule has 118 valence electrons. The summed E-state index contributed by atoms with van der Waals surface area (Å²) in [7, 11) is 0. The van der Waals surface area contributed by atoms with Crippen LogP contribution in [0.5, 0.6) is 11.5 Å². The molecule has 0 unspecified atom stereocenters. The summed E-state index contributed by atoms with van der Waals surface area (Å²) in [6.45, 7) is -3.02. The fourth-order valence-electron chi connectivity index (χ4n) is 1.78. The Hall–Kier alpha value is -1.83. The molecule has 0 saturated heterocycles. The highest BCUT2D eigenvalue weighted by Gasteiger charge is 2.31. The van der Waals surface area contributed by atoms with Crippen molar-refractivity contribution >= 4 is 15.9 Å². The monoisotopic (exact) mass is 382 g/mol. The van der Waals surface area contributed by atoms with Gasteiger partial charge in [0, 0.05) is 5.56 Å². The van der Waals surface area contributed by atoms with Gasteiger partial charge < -0.3 is 9.47 Å². The number of benzene rings is 2. The van der Waals surface area contributed by atoms with Gasteiger partial charge in [0.15, 0.2) is 0 Å². The highest BCUT2D eigenvalue weighted by atomic mass is 79.9. The molecule has 0 saturated carbocycles. The maximum absolute atomic E-state index is 12.5. The van der Waals surface area contributed by atoms with Gasteiger partial charge in [-0.05, 0) is 39.7 Å². The number of ether oxygens (including phenoxy) is 2. The van der Waals surface area contributed by atoms with Gasteiger partial charge in [0.25, 0.3) is 0 Å². The molecule has 2 aromatic carbocycles. The van der Waals surface area contributed by atoms with Gasteiger partial charge >= 0.3 is 13.0 Å². The zero-order chi connectivity index (χ0) is 16.3. The van der Waals surface area contributed by atoms with E-state index in [0.717, 1.165) is 12.1 Å². The molecule has 2 rings (SSSR count). The van der Waals surface area contributed by atoms with Crippen molar-refractivity contribution in [2.75, 3.05) is 0 Å². The first-order valence-electron chi connectivity index (χ1n) is 5.86. The van der Waals surface area contributed by atoms with E-state index < -0.39 is 18.7 Å². The van der Waals surface area contributed by atoms with Crippen molar-refractivity contribution in [2.24, 2.45) is 0 Å². The minimum Gasteiger partial charge on any atom is -0.433 e. The van der Waals surface area contributed by atoms with Crippen molar-refractivity contribution < 1.29 is 31.4 Å². The molecule has 0 aliphatic heterocycles. The summed E-state index contributed by atoms with van der Waals surface area (Å²) in [5.41, 5.74) is 0.722. The van der Waals surface area contributed by atoms with Crippen molar-refractivity contribution in [1.29, 1.82) is 0 Å². The van der Waals surface area contributed by atoms with Gasteiger partial charge in [-0.2, -0.15) is 8.78 Å². The van der Waals surface area contributed by atoms with E-state index in [1.54, 1.807) is 6.07 Å². The van der Waals surface area contributed by atoms with Crippen LogP contribution in [-0.4, -0.2) is 13.0 Å². The molecule has 0 aromatic heterocycles. The van der Waals surface area contributed by atoms with Crippen LogP contribution in [-0.2, 0) is 0 Å². The predicted octanol–water partition coefficient (Wildman–Crippen LogP) is 5.62. The molecule has 0 spiro atoms. The summed E-state index contributed by atoms with van der Waals surface area (Å²) >= 11 is 3.10. The standard InChI is InChI=1S/C14H8BrF5O2/c15-11-3-1-2-10(12(11)21-13(16)17)8-4-6-9(7-5-8)22-14(18,19)20/h1-7,13H. The van der Waals surface area contributed by atoms with E-state index in [-0.39, 0.29) is 5.75 Å². The van der Waals surface area contributed by atoms with Crippen LogP contribution in [0.4, 0.5) is 22.0 Å². The SMILES string of the molecule is FC(F)Oc1c(Br)cccc1-c1ccc(OC(F)(F)F)cc1. The first kappa shape index (κ1) is 16.5. The molecule has 0 heterocycles. The number of para-hydroxylation sites is 1. The lowest BCUT2D eigenvalue weighted by Gasteiger charge is -2.13. The first-order chi connectivity index (χ1) is 10.3. The molecule has 0 aliphatic rings. The summed E-state index contributed by atoms with van der Waals surface area (Å²) in [5.74, 6) is -0.496. The van der Waals surface area contributed by atoms with E-state index in [1.807, 2.05) is 0 Å². The maximum Gasteiger partial charge on any atom is 0.573 e. The molecule has 22 heavy (non-hydrogen) atoms. The molecule has 0 N–H and O–H groups in total. The minimum atomic E-state index is -4.79. The molecule has 0 bridgehead atoms. The Kier molecular flexibility index (Phi) is 4.90. The highest BCUT2D eigenvalue weighted by molar-refractivity contribution is 9.10. The third kappa shape index (κ3) is 4.33. The van der Waals surface area contributed by atoms with Crippen molar-refractivity contribution in [2.45, 2.75) is 13.0 Å². The van der Waals surface area contributed by atoms with Crippen LogP contribution in [0.1, 0.15) is 0 Å². The topological polar surface area (TPSA) is 18.5 Å². The molecule has 2 aromatic rings. The second kappa shape index (κ2) is 6.51. The molecule has 2 nitrogen and oxygen atoms in total. The Labute approximate surface area is 130 Å². The average Bonchev–Trinajstić information content (AvgIpc) is 2.40. The molecular weight excluding hydrogens is 375 g/mol. The molecule has 0 atom stereocenters. The molecule has 0 aliphatic carbocycles. The smallest absolute Gasteiger partial charge is 0.433 e. The van der Waals surface area contributed by atoms with Gasteiger partial charge in [-0.1, -0.05) is 24.3 Å². The molecule has 0 radical (unpaired) electrons. The lowest BCUT2D eigenvalue weighted by Crippen LogP contribution is -2.16. The normalized spacial score (nSPS) is 11.6. The molecule has 8 heteroatoms. The van der Waals surface area contributed by atoms with E-state index in [2.05, 4.69) is 25.4 Å². The van der Waals surface area contributed by atoms with Gasteiger partial charge in [0.2, 0.25) is 0 Å². The Morgan fingerprint density at radius 1 is 0.955 bits per heavy atom. The second-order valence-corrected chi connectivity index (χ2v) is 4.92. The van der Waals surface area contributed by atoms with Crippen molar-refractivity contribution in [1.82, 2.24) is 0 Å². The van der Waals surface area contributed by atoms with Crippen LogP contribution < -0.4 is 9.47 Å². The van der Waals surface area contributed by atoms with Gasteiger partial charge in [0.1, 0.15) is 11.5 Å². The number of alkyl halides is 5. The van der Waals surface area contributed by atoms with Gasteiger partial charge in [-0.3, -0.25) is 0 Å². The molecule has 0 amide bonds. The van der Waals surface area contributed by atoms with Crippen LogP contribution >= 0.6 is 15.9 Å². The fraction of sp³-hybridized carbons (Fsp3) is 0.143. The molecule has 0 fully saturated rings. The summed E-state index contributed by atoms with van der Waals surface area (Å²) in [5, 5.41) is 0.